The normalized spacial score (nSPS) is 12.6. The Labute approximate surface area is 143 Å². The summed E-state index contributed by atoms with van der Waals surface area (Å²) in [6.07, 6.45) is 0.694. The number of Topliss-reactive ketones (excluding diaryl/α,β-unsaturated/α-hetero) is 1. The molecule has 0 saturated carbocycles. The topological polar surface area (TPSA) is 47.2 Å². The molecule has 0 aliphatic heterocycles. The van der Waals surface area contributed by atoms with Gasteiger partial charge in [0.15, 0.2) is 5.78 Å². The van der Waals surface area contributed by atoms with Gasteiger partial charge in [0.05, 0.1) is 11.7 Å². The molecule has 0 saturated heterocycles. The van der Waals surface area contributed by atoms with Crippen molar-refractivity contribution in [1.29, 1.82) is 0 Å². The molecule has 0 bridgehead atoms. The number of hydrogen-bond acceptors (Lipinski definition) is 3. The van der Waals surface area contributed by atoms with Crippen LogP contribution in [0.15, 0.2) is 35.1 Å². The highest BCUT2D eigenvalue weighted by Crippen LogP contribution is 2.15. The predicted octanol–water partition coefficient (Wildman–Crippen LogP) is 2.79. The van der Waals surface area contributed by atoms with Crippen molar-refractivity contribution in [1.82, 2.24) is 14.3 Å². The van der Waals surface area contributed by atoms with Crippen LogP contribution >= 0.6 is 0 Å². The maximum absolute atomic E-state index is 13.1. The number of nitrogens with zero attached hydrogens (tertiary/aromatic N) is 3. The van der Waals surface area contributed by atoms with Crippen molar-refractivity contribution >= 4 is 5.78 Å². The fraction of sp³-hybridized carbons (Fsp3) is 0.474. The molecule has 24 heavy (non-hydrogen) atoms. The van der Waals surface area contributed by atoms with Crippen molar-refractivity contribution in [2.45, 2.75) is 40.2 Å². The average Bonchev–Trinajstić information content (AvgIpc) is 2.82. The third kappa shape index (κ3) is 3.08. The van der Waals surface area contributed by atoms with Crippen LogP contribution in [0.1, 0.15) is 43.2 Å². The molecule has 1 unspecified atom stereocenters. The van der Waals surface area contributed by atoms with Crippen LogP contribution < -0.4 is 5.56 Å². The molecule has 2 rings (SSSR count). The molecule has 1 aromatic carbocycles. The van der Waals surface area contributed by atoms with Gasteiger partial charge < -0.3 is 0 Å². The molecule has 5 heteroatoms. The molecule has 0 spiro atoms. The van der Waals surface area contributed by atoms with Crippen molar-refractivity contribution in [3.05, 3.63) is 51.9 Å². The van der Waals surface area contributed by atoms with Gasteiger partial charge in [0, 0.05) is 12.7 Å². The number of likely N-dealkylation sites (N-methyl/N-ethyl adjacent to an activating group) is 1. The average molecular weight is 329 g/mol. The second-order valence-corrected chi connectivity index (χ2v) is 5.95. The van der Waals surface area contributed by atoms with Crippen LogP contribution in [-0.4, -0.2) is 39.2 Å². The number of carbonyl (C=O) groups excluding carboxylic acids is 1. The molecule has 0 fully saturated rings. The van der Waals surface area contributed by atoms with E-state index in [1.54, 1.807) is 9.36 Å². The number of carbonyl (C=O) groups is 1. The molecule has 1 heterocycles. The number of rotatable bonds is 7. The molecular weight excluding hydrogens is 302 g/mol. The zero-order valence-electron chi connectivity index (χ0n) is 15.2. The standard InChI is InChI=1S/C19H27N3O2/c1-6-16(21(7-2)8-3)18(23)17-14(4)20(5)22(19(17)24)15-12-10-9-11-13-15/h9-13,16H,6-8H2,1-5H3. The quantitative estimate of drug-likeness (QED) is 0.734. The summed E-state index contributed by atoms with van der Waals surface area (Å²) in [6.45, 7) is 9.50. The highest BCUT2D eigenvalue weighted by Gasteiger charge is 2.30. The summed E-state index contributed by atoms with van der Waals surface area (Å²) in [6, 6.07) is 9.17. The molecular formula is C19H27N3O2. The monoisotopic (exact) mass is 329 g/mol. The first-order chi connectivity index (χ1) is 11.5. The minimum atomic E-state index is -0.252. The number of ketones is 1. The third-order valence-corrected chi connectivity index (χ3v) is 4.74. The number of aromatic nitrogens is 2. The Kier molecular flexibility index (Phi) is 5.78. The van der Waals surface area contributed by atoms with Crippen LogP contribution in [0.3, 0.4) is 0 Å². The highest BCUT2D eigenvalue weighted by molar-refractivity contribution is 6.00. The first kappa shape index (κ1) is 18.2. The summed E-state index contributed by atoms with van der Waals surface area (Å²) in [5, 5.41) is 0. The Morgan fingerprint density at radius 2 is 1.71 bits per heavy atom. The van der Waals surface area contributed by atoms with Crippen LogP contribution in [0.5, 0.6) is 0 Å². The van der Waals surface area contributed by atoms with E-state index in [-0.39, 0.29) is 17.4 Å². The van der Waals surface area contributed by atoms with Gasteiger partial charge in [0.2, 0.25) is 0 Å². The molecule has 0 radical (unpaired) electrons. The van der Waals surface area contributed by atoms with Crippen molar-refractivity contribution in [2.24, 2.45) is 7.05 Å². The van der Waals surface area contributed by atoms with Crippen LogP contribution in [0, 0.1) is 6.92 Å². The first-order valence-electron chi connectivity index (χ1n) is 8.60. The van der Waals surface area contributed by atoms with Gasteiger partial charge >= 0.3 is 0 Å². The van der Waals surface area contributed by atoms with Crippen molar-refractivity contribution in [3.8, 4) is 5.69 Å². The van der Waals surface area contributed by atoms with Gasteiger partial charge in [-0.1, -0.05) is 39.0 Å². The van der Waals surface area contributed by atoms with E-state index in [0.29, 0.717) is 17.7 Å². The third-order valence-electron chi connectivity index (χ3n) is 4.74. The van der Waals surface area contributed by atoms with Crippen LogP contribution in [0.2, 0.25) is 0 Å². The largest absolute Gasteiger partial charge is 0.294 e. The molecule has 1 aromatic heterocycles. The van der Waals surface area contributed by atoms with Crippen LogP contribution in [-0.2, 0) is 7.05 Å². The van der Waals surface area contributed by atoms with Crippen molar-refractivity contribution in [2.75, 3.05) is 13.1 Å². The summed E-state index contributed by atoms with van der Waals surface area (Å²) in [5.41, 5.74) is 1.54. The SMILES string of the molecule is CCC(C(=O)c1c(C)n(C)n(-c2ccccc2)c1=O)N(CC)CC. The van der Waals surface area contributed by atoms with Gasteiger partial charge in [-0.05, 0) is 38.6 Å². The van der Waals surface area contributed by atoms with E-state index in [1.165, 1.54) is 0 Å². The smallest absolute Gasteiger partial charge is 0.282 e. The number of hydrogen-bond donors (Lipinski definition) is 0. The van der Waals surface area contributed by atoms with Crippen molar-refractivity contribution in [3.63, 3.8) is 0 Å². The van der Waals surface area contributed by atoms with Gasteiger partial charge in [-0.25, -0.2) is 4.68 Å². The van der Waals surface area contributed by atoms with Crippen molar-refractivity contribution < 1.29 is 4.79 Å². The highest BCUT2D eigenvalue weighted by atomic mass is 16.2. The van der Waals surface area contributed by atoms with E-state index in [0.717, 1.165) is 18.8 Å². The van der Waals surface area contributed by atoms with Crippen LogP contribution in [0.4, 0.5) is 0 Å². The number of benzene rings is 1. The minimum absolute atomic E-state index is 0.0750. The lowest BCUT2D eigenvalue weighted by Gasteiger charge is -2.27. The second-order valence-electron chi connectivity index (χ2n) is 5.95. The van der Waals surface area contributed by atoms with E-state index in [4.69, 9.17) is 0 Å². The van der Waals surface area contributed by atoms with E-state index >= 15 is 0 Å². The Hall–Kier alpha value is -2.14. The maximum atomic E-state index is 13.1. The van der Waals surface area contributed by atoms with E-state index < -0.39 is 0 Å². The van der Waals surface area contributed by atoms with Gasteiger partial charge in [0.25, 0.3) is 5.56 Å². The molecule has 2 aromatic rings. The first-order valence-corrected chi connectivity index (χ1v) is 8.60. The lowest BCUT2D eigenvalue weighted by atomic mass is 10.0. The molecule has 0 aliphatic rings. The summed E-state index contributed by atoms with van der Waals surface area (Å²) in [4.78, 5) is 28.2. The lowest BCUT2D eigenvalue weighted by molar-refractivity contribution is 0.0824. The van der Waals surface area contributed by atoms with E-state index in [2.05, 4.69) is 4.90 Å². The van der Waals surface area contributed by atoms with E-state index in [9.17, 15) is 9.59 Å². The summed E-state index contributed by atoms with van der Waals surface area (Å²) in [5.74, 6) is -0.0750. The Balaban J connectivity index is 2.56. The Bertz CT molecular complexity index is 755. The Morgan fingerprint density at radius 1 is 1.12 bits per heavy atom. The zero-order valence-corrected chi connectivity index (χ0v) is 15.2. The molecule has 0 aliphatic carbocycles. The molecule has 130 valence electrons. The van der Waals surface area contributed by atoms with Gasteiger partial charge in [0.1, 0.15) is 5.56 Å². The minimum Gasteiger partial charge on any atom is -0.294 e. The molecule has 0 amide bonds. The van der Waals surface area contributed by atoms with Gasteiger partial charge in [-0.2, -0.15) is 0 Å². The van der Waals surface area contributed by atoms with Gasteiger partial charge in [-0.3, -0.25) is 19.2 Å². The summed E-state index contributed by atoms with van der Waals surface area (Å²) < 4.78 is 3.33. The van der Waals surface area contributed by atoms with E-state index in [1.807, 2.05) is 65.1 Å². The molecule has 1 atom stereocenters. The van der Waals surface area contributed by atoms with Crippen LogP contribution in [0.25, 0.3) is 5.69 Å². The maximum Gasteiger partial charge on any atom is 0.282 e. The second kappa shape index (κ2) is 7.62. The Morgan fingerprint density at radius 3 is 2.21 bits per heavy atom. The summed E-state index contributed by atoms with van der Waals surface area (Å²) in [7, 11) is 1.82. The zero-order chi connectivity index (χ0) is 17.9. The predicted molar refractivity (Wildman–Crippen MR) is 97.1 cm³/mol. The number of para-hydroxylation sites is 1. The fourth-order valence-corrected chi connectivity index (χ4v) is 3.29. The fourth-order valence-electron chi connectivity index (χ4n) is 3.29. The summed E-state index contributed by atoms with van der Waals surface area (Å²) >= 11 is 0. The molecule has 0 N–H and O–H groups in total. The lowest BCUT2D eigenvalue weighted by Crippen LogP contribution is -2.42. The molecule has 5 nitrogen and oxygen atoms in total. The van der Waals surface area contributed by atoms with Gasteiger partial charge in [-0.15, -0.1) is 0 Å².